The van der Waals surface area contributed by atoms with E-state index in [9.17, 15) is 10.2 Å². The largest absolute Gasteiger partial charge is 0.393 e. The first-order valence-corrected chi connectivity index (χ1v) is 13.8. The zero-order valence-corrected chi connectivity index (χ0v) is 21.0. The summed E-state index contributed by atoms with van der Waals surface area (Å²) in [6.45, 7) is 12.8. The van der Waals surface area contributed by atoms with Gasteiger partial charge in [-0.2, -0.15) is 0 Å². The van der Waals surface area contributed by atoms with Gasteiger partial charge in [0.25, 0.3) is 0 Å². The summed E-state index contributed by atoms with van der Waals surface area (Å²) >= 11 is 0. The van der Waals surface area contributed by atoms with Crippen molar-refractivity contribution in [3.05, 3.63) is 0 Å². The average molecular weight is 447 g/mol. The van der Waals surface area contributed by atoms with E-state index in [4.69, 9.17) is 9.47 Å². The fourth-order valence-corrected chi connectivity index (χ4v) is 10.7. The van der Waals surface area contributed by atoms with Gasteiger partial charge in [0.15, 0.2) is 5.79 Å². The molecule has 2 heterocycles. The summed E-state index contributed by atoms with van der Waals surface area (Å²) in [6, 6.07) is 0. The molecule has 32 heavy (non-hydrogen) atoms. The minimum absolute atomic E-state index is 0.0656. The Bertz CT molecular complexity index is 761. The second-order valence-corrected chi connectivity index (χ2v) is 13.8. The zero-order chi connectivity index (χ0) is 22.7. The van der Waals surface area contributed by atoms with Crippen molar-refractivity contribution in [3.63, 3.8) is 0 Å². The Morgan fingerprint density at radius 2 is 1.69 bits per heavy atom. The molecular weight excluding hydrogens is 400 g/mol. The van der Waals surface area contributed by atoms with Crippen LogP contribution in [0.1, 0.15) is 92.4 Å². The quantitative estimate of drug-likeness (QED) is 0.540. The van der Waals surface area contributed by atoms with Crippen molar-refractivity contribution in [2.75, 3.05) is 6.61 Å². The molecule has 2 N–H and O–H groups in total. The molecule has 4 heteroatoms. The summed E-state index contributed by atoms with van der Waals surface area (Å²) in [5, 5.41) is 22.3. The summed E-state index contributed by atoms with van der Waals surface area (Å²) in [5.74, 6) is 3.56. The molecule has 0 unspecified atom stereocenters. The number of hydrogen-bond acceptors (Lipinski definition) is 4. The molecule has 0 aromatic carbocycles. The number of rotatable bonds is 0. The van der Waals surface area contributed by atoms with E-state index in [1.54, 1.807) is 0 Å². The minimum Gasteiger partial charge on any atom is -0.393 e. The van der Waals surface area contributed by atoms with E-state index < -0.39 is 5.60 Å². The highest BCUT2D eigenvalue weighted by molar-refractivity contribution is 5.19. The molecule has 6 aliphatic rings. The van der Waals surface area contributed by atoms with Crippen molar-refractivity contribution >= 4 is 0 Å². The molecule has 0 radical (unpaired) electrons. The van der Waals surface area contributed by atoms with Gasteiger partial charge in [-0.05, 0) is 91.3 Å². The lowest BCUT2D eigenvalue weighted by molar-refractivity contribution is -0.276. The predicted molar refractivity (Wildman–Crippen MR) is 124 cm³/mol. The molecule has 0 amide bonds. The standard InChI is InChI=1S/C28H46O4/c1-16-6-11-28(31-15-16)18(3)24-23(32-28)13-22-20-12-17(2)27(30)14-19(29)7-10-26(27,5)21(20)8-9-25(22,24)4/h16-24,29-30H,6-15H2,1-5H3/t16-,17-,18+,19-,20+,21+,22+,23+,24+,25-,26-,27+,28-/m1/s1. The summed E-state index contributed by atoms with van der Waals surface area (Å²) in [6.07, 6.45) is 9.42. The maximum Gasteiger partial charge on any atom is 0.171 e. The lowest BCUT2D eigenvalue weighted by Gasteiger charge is -2.66. The molecule has 0 bridgehead atoms. The van der Waals surface area contributed by atoms with Crippen LogP contribution in [-0.4, -0.2) is 40.4 Å². The van der Waals surface area contributed by atoms with Crippen LogP contribution in [0.2, 0.25) is 0 Å². The van der Waals surface area contributed by atoms with Crippen molar-refractivity contribution in [1.29, 1.82) is 0 Å². The molecule has 0 aromatic rings. The van der Waals surface area contributed by atoms with Gasteiger partial charge in [-0.15, -0.1) is 0 Å². The second-order valence-electron chi connectivity index (χ2n) is 13.8. The molecule has 13 atom stereocenters. The lowest BCUT2D eigenvalue weighted by Crippen LogP contribution is -2.66. The van der Waals surface area contributed by atoms with E-state index in [2.05, 4.69) is 34.6 Å². The fraction of sp³-hybridized carbons (Fsp3) is 1.00. The van der Waals surface area contributed by atoms with Crippen LogP contribution in [0.5, 0.6) is 0 Å². The first kappa shape index (κ1) is 22.3. The second kappa shape index (κ2) is 6.95. The van der Waals surface area contributed by atoms with Crippen molar-refractivity contribution in [2.45, 2.75) is 116 Å². The van der Waals surface area contributed by atoms with E-state index in [1.165, 1.54) is 25.7 Å². The van der Waals surface area contributed by atoms with Gasteiger partial charge in [-0.3, -0.25) is 0 Å². The Morgan fingerprint density at radius 1 is 0.906 bits per heavy atom. The Hall–Kier alpha value is -0.160. The highest BCUT2D eigenvalue weighted by atomic mass is 16.7. The van der Waals surface area contributed by atoms with Gasteiger partial charge in [0.05, 0.1) is 24.4 Å². The van der Waals surface area contributed by atoms with Crippen LogP contribution in [-0.2, 0) is 9.47 Å². The number of hydrogen-bond donors (Lipinski definition) is 2. The third-order valence-electron chi connectivity index (χ3n) is 12.5. The van der Waals surface area contributed by atoms with E-state index >= 15 is 0 Å². The topological polar surface area (TPSA) is 58.9 Å². The first-order valence-electron chi connectivity index (χ1n) is 13.8. The van der Waals surface area contributed by atoms with Gasteiger partial charge in [-0.1, -0.05) is 34.6 Å². The monoisotopic (exact) mass is 446 g/mol. The molecule has 2 saturated heterocycles. The SMILES string of the molecule is C[C@@H]1CC[C@@]2(OC1)O[C@H]1C[C@H]3[C@H]4C[C@@H](C)[C@@]5(O)C[C@H](O)CC[C@]5(C)[C@H]4CC[C@@]3(C)[C@H]1[C@@H]2C. The van der Waals surface area contributed by atoms with E-state index in [0.29, 0.717) is 53.4 Å². The molecule has 6 fully saturated rings. The van der Waals surface area contributed by atoms with Crippen LogP contribution < -0.4 is 0 Å². The molecule has 4 saturated carbocycles. The van der Waals surface area contributed by atoms with Crippen molar-refractivity contribution in [1.82, 2.24) is 0 Å². The zero-order valence-electron chi connectivity index (χ0n) is 21.0. The van der Waals surface area contributed by atoms with E-state index in [-0.39, 0.29) is 23.2 Å². The Labute approximate surface area is 194 Å². The highest BCUT2D eigenvalue weighted by Gasteiger charge is 2.71. The van der Waals surface area contributed by atoms with Crippen molar-refractivity contribution in [2.24, 2.45) is 52.3 Å². The fourth-order valence-electron chi connectivity index (χ4n) is 10.7. The summed E-state index contributed by atoms with van der Waals surface area (Å²) in [5.41, 5.74) is -0.459. The van der Waals surface area contributed by atoms with Crippen molar-refractivity contribution < 1.29 is 19.7 Å². The van der Waals surface area contributed by atoms with Crippen LogP contribution in [0.4, 0.5) is 0 Å². The van der Waals surface area contributed by atoms with Gasteiger partial charge in [0, 0.05) is 18.8 Å². The number of aliphatic hydroxyl groups excluding tert-OH is 1. The average Bonchev–Trinajstić information content (AvgIpc) is 3.18. The van der Waals surface area contributed by atoms with Gasteiger partial charge in [0.1, 0.15) is 0 Å². The van der Waals surface area contributed by atoms with Crippen LogP contribution in [0.3, 0.4) is 0 Å². The molecule has 2 aliphatic heterocycles. The Balaban J connectivity index is 1.30. The molecule has 4 aliphatic carbocycles. The van der Waals surface area contributed by atoms with Crippen molar-refractivity contribution in [3.8, 4) is 0 Å². The van der Waals surface area contributed by atoms with Gasteiger partial charge < -0.3 is 19.7 Å². The summed E-state index contributed by atoms with van der Waals surface area (Å²) in [4.78, 5) is 0. The Morgan fingerprint density at radius 3 is 2.41 bits per heavy atom. The number of aliphatic hydroxyl groups is 2. The third-order valence-corrected chi connectivity index (χ3v) is 12.5. The van der Waals surface area contributed by atoms with Gasteiger partial charge in [0.2, 0.25) is 0 Å². The number of ether oxygens (including phenoxy) is 2. The maximum absolute atomic E-state index is 11.9. The summed E-state index contributed by atoms with van der Waals surface area (Å²) in [7, 11) is 0. The molecular formula is C28H46O4. The van der Waals surface area contributed by atoms with Gasteiger partial charge >= 0.3 is 0 Å². The van der Waals surface area contributed by atoms with Crippen LogP contribution in [0, 0.1) is 52.3 Å². The molecule has 0 aromatic heterocycles. The van der Waals surface area contributed by atoms with Crippen LogP contribution in [0.25, 0.3) is 0 Å². The number of fused-ring (bicyclic) bond motifs is 7. The van der Waals surface area contributed by atoms with E-state index in [1.807, 2.05) is 0 Å². The van der Waals surface area contributed by atoms with E-state index in [0.717, 1.165) is 32.3 Å². The molecule has 4 nitrogen and oxygen atoms in total. The molecule has 6 rings (SSSR count). The first-order chi connectivity index (χ1) is 15.0. The third kappa shape index (κ3) is 2.65. The van der Waals surface area contributed by atoms with Crippen LogP contribution in [0.15, 0.2) is 0 Å². The smallest absolute Gasteiger partial charge is 0.171 e. The Kier molecular flexibility index (Phi) is 4.85. The normalized spacial score (nSPS) is 64.0. The van der Waals surface area contributed by atoms with Crippen LogP contribution >= 0.6 is 0 Å². The maximum atomic E-state index is 11.9. The predicted octanol–water partition coefficient (Wildman–Crippen LogP) is 5.15. The minimum atomic E-state index is -0.714. The molecule has 1 spiro atoms. The highest BCUT2D eigenvalue weighted by Crippen LogP contribution is 2.72. The molecule has 182 valence electrons. The van der Waals surface area contributed by atoms with Gasteiger partial charge in [-0.25, -0.2) is 0 Å². The summed E-state index contributed by atoms with van der Waals surface area (Å²) < 4.78 is 13.4. The lowest BCUT2D eigenvalue weighted by atomic mass is 9.41.